The fourth-order valence-corrected chi connectivity index (χ4v) is 3.39. The zero-order valence-corrected chi connectivity index (χ0v) is 21.4. The number of amidine groups is 1. The van der Waals surface area contributed by atoms with Crippen molar-refractivity contribution in [1.82, 2.24) is 5.32 Å². The molecule has 0 aliphatic heterocycles. The highest BCUT2D eigenvalue weighted by molar-refractivity contribution is 6.21. The van der Waals surface area contributed by atoms with Crippen LogP contribution in [0, 0.1) is 18.3 Å². The standard InChI is InChI=1S/C27H32F3N5O2/c1-6-8-17(2)15-34-26(22(16-32-4)24(31)33-5)37-23-14-21(12-11-18(23)3)35-25(36)19-9-7-10-20(13-19)27(28,29)30/h7,9-14,16-17,31-32H,5-6,8,15H2,1-4H3,(H,35,36)/b22-16+,31-24?,34-26+. The summed E-state index contributed by atoms with van der Waals surface area (Å²) in [7, 11) is 1.67. The van der Waals surface area contributed by atoms with Gasteiger partial charge in [0, 0.05) is 37.1 Å². The van der Waals surface area contributed by atoms with Gasteiger partial charge in [-0.3, -0.25) is 15.2 Å². The summed E-state index contributed by atoms with van der Waals surface area (Å²) >= 11 is 0. The summed E-state index contributed by atoms with van der Waals surface area (Å²) < 4.78 is 45.2. The summed E-state index contributed by atoms with van der Waals surface area (Å²) in [5, 5.41) is 13.6. The number of rotatable bonds is 10. The van der Waals surface area contributed by atoms with E-state index >= 15 is 0 Å². The summed E-state index contributed by atoms with van der Waals surface area (Å²) in [4.78, 5) is 21.0. The maximum atomic E-state index is 13.0. The van der Waals surface area contributed by atoms with Gasteiger partial charge in [-0.25, -0.2) is 4.99 Å². The normalized spacial score (nSPS) is 13.1. The summed E-state index contributed by atoms with van der Waals surface area (Å²) in [6.45, 7) is 9.83. The Morgan fingerprint density at radius 2 is 1.97 bits per heavy atom. The number of carbonyl (C=O) groups is 1. The van der Waals surface area contributed by atoms with Gasteiger partial charge >= 0.3 is 6.18 Å². The van der Waals surface area contributed by atoms with E-state index in [9.17, 15) is 18.0 Å². The van der Waals surface area contributed by atoms with Crippen LogP contribution in [0.5, 0.6) is 5.75 Å². The highest BCUT2D eigenvalue weighted by atomic mass is 19.4. The fourth-order valence-electron chi connectivity index (χ4n) is 3.39. The van der Waals surface area contributed by atoms with Crippen molar-refractivity contribution in [2.24, 2.45) is 15.9 Å². The maximum Gasteiger partial charge on any atom is 0.416 e. The van der Waals surface area contributed by atoms with Gasteiger partial charge < -0.3 is 15.4 Å². The van der Waals surface area contributed by atoms with Gasteiger partial charge in [-0.05, 0) is 55.8 Å². The fraction of sp³-hybridized carbons (Fsp3) is 0.333. The van der Waals surface area contributed by atoms with Crippen molar-refractivity contribution in [2.45, 2.75) is 39.8 Å². The Morgan fingerprint density at radius 3 is 2.59 bits per heavy atom. The molecule has 2 rings (SSSR count). The van der Waals surface area contributed by atoms with Gasteiger partial charge in [0.2, 0.25) is 5.90 Å². The number of hydrogen-bond donors (Lipinski definition) is 3. The quantitative estimate of drug-likeness (QED) is 0.257. The van der Waals surface area contributed by atoms with Crippen LogP contribution in [0.2, 0.25) is 0 Å². The van der Waals surface area contributed by atoms with Crippen molar-refractivity contribution < 1.29 is 22.7 Å². The predicted molar refractivity (Wildman–Crippen MR) is 142 cm³/mol. The first kappa shape index (κ1) is 29.3. The van der Waals surface area contributed by atoms with Crippen LogP contribution in [-0.4, -0.2) is 38.0 Å². The molecule has 1 unspecified atom stereocenters. The highest BCUT2D eigenvalue weighted by Crippen LogP contribution is 2.30. The van der Waals surface area contributed by atoms with Gasteiger partial charge in [-0.15, -0.1) is 0 Å². The molecule has 0 aliphatic rings. The summed E-state index contributed by atoms with van der Waals surface area (Å²) in [5.74, 6) is -0.0502. The van der Waals surface area contributed by atoms with E-state index in [4.69, 9.17) is 10.1 Å². The van der Waals surface area contributed by atoms with Crippen molar-refractivity contribution in [1.29, 1.82) is 5.41 Å². The van der Waals surface area contributed by atoms with Gasteiger partial charge in [0.25, 0.3) is 5.91 Å². The van der Waals surface area contributed by atoms with Gasteiger partial charge in [0.05, 0.1) is 11.1 Å². The maximum absolute atomic E-state index is 13.0. The molecule has 2 aromatic rings. The second kappa shape index (κ2) is 13.4. The SMILES string of the molecule is C=NC(=N)C(=C\NC)/C(=N\CC(C)CCC)Oc1cc(NC(=O)c2cccc(C(F)(F)F)c2)ccc1C. The molecule has 7 nitrogen and oxygen atoms in total. The van der Waals surface area contributed by atoms with Crippen LogP contribution in [0.3, 0.4) is 0 Å². The van der Waals surface area contributed by atoms with Gasteiger partial charge in [0.15, 0.2) is 5.84 Å². The van der Waals surface area contributed by atoms with E-state index in [1.54, 1.807) is 32.2 Å². The van der Waals surface area contributed by atoms with Crippen molar-refractivity contribution in [3.05, 3.63) is 70.9 Å². The van der Waals surface area contributed by atoms with Gasteiger partial charge in [-0.1, -0.05) is 32.4 Å². The average molecular weight is 516 g/mol. The molecule has 0 aromatic heterocycles. The lowest BCUT2D eigenvalue weighted by atomic mass is 10.1. The Balaban J connectivity index is 2.37. The zero-order chi connectivity index (χ0) is 27.6. The van der Waals surface area contributed by atoms with Crippen molar-refractivity contribution in [3.63, 3.8) is 0 Å². The molecule has 198 valence electrons. The molecule has 0 radical (unpaired) electrons. The van der Waals surface area contributed by atoms with Crippen LogP contribution in [0.15, 0.2) is 64.2 Å². The molecule has 37 heavy (non-hydrogen) atoms. The van der Waals surface area contributed by atoms with Crippen molar-refractivity contribution in [2.75, 3.05) is 18.9 Å². The summed E-state index contributed by atoms with van der Waals surface area (Å²) in [6.07, 6.45) is -1.05. The average Bonchev–Trinajstić information content (AvgIpc) is 2.86. The van der Waals surface area contributed by atoms with E-state index in [0.29, 0.717) is 29.1 Å². The number of hydrogen-bond acceptors (Lipinski definition) is 5. The molecule has 1 amide bonds. The number of anilines is 1. The minimum atomic E-state index is -4.56. The predicted octanol–water partition coefficient (Wildman–Crippen LogP) is 6.26. The smallest absolute Gasteiger partial charge is 0.416 e. The topological polar surface area (TPSA) is 98.9 Å². The number of nitrogens with one attached hydrogen (secondary N) is 3. The van der Waals surface area contributed by atoms with Gasteiger partial charge in [0.1, 0.15) is 5.75 Å². The minimum Gasteiger partial charge on any atom is -0.438 e. The van der Waals surface area contributed by atoms with E-state index in [2.05, 4.69) is 41.2 Å². The number of nitrogens with zero attached hydrogens (tertiary/aromatic N) is 2. The Kier molecular flexibility index (Phi) is 10.6. The first-order valence-corrected chi connectivity index (χ1v) is 11.7. The second-order valence-electron chi connectivity index (χ2n) is 8.51. The summed E-state index contributed by atoms with van der Waals surface area (Å²) in [6, 6.07) is 9.06. The highest BCUT2D eigenvalue weighted by Gasteiger charge is 2.31. The molecular weight excluding hydrogens is 483 g/mol. The van der Waals surface area contributed by atoms with Crippen molar-refractivity contribution >= 4 is 30.0 Å². The lowest BCUT2D eigenvalue weighted by molar-refractivity contribution is -0.137. The van der Waals surface area contributed by atoms with E-state index in [-0.39, 0.29) is 23.2 Å². The van der Waals surface area contributed by atoms with E-state index in [0.717, 1.165) is 25.0 Å². The van der Waals surface area contributed by atoms with E-state index < -0.39 is 17.6 Å². The lowest BCUT2D eigenvalue weighted by Crippen LogP contribution is -2.21. The molecule has 3 N–H and O–H groups in total. The molecule has 0 aliphatic carbocycles. The number of carbonyl (C=O) groups excluding carboxylic acids is 1. The molecule has 0 saturated heterocycles. The monoisotopic (exact) mass is 515 g/mol. The molecule has 10 heteroatoms. The van der Waals surface area contributed by atoms with Crippen molar-refractivity contribution in [3.8, 4) is 5.75 Å². The Bertz CT molecular complexity index is 1190. The van der Waals surface area contributed by atoms with Crippen LogP contribution >= 0.6 is 0 Å². The number of aliphatic imine (C=N–C) groups is 2. The first-order valence-electron chi connectivity index (χ1n) is 11.7. The number of halogens is 3. The largest absolute Gasteiger partial charge is 0.438 e. The second-order valence-corrected chi connectivity index (χ2v) is 8.51. The molecule has 1 atom stereocenters. The lowest BCUT2D eigenvalue weighted by Gasteiger charge is -2.16. The molecule has 0 spiro atoms. The van der Waals surface area contributed by atoms with Crippen LogP contribution < -0.4 is 15.4 Å². The number of alkyl halides is 3. The molecule has 2 aromatic carbocycles. The van der Waals surface area contributed by atoms with E-state index in [1.807, 2.05) is 0 Å². The van der Waals surface area contributed by atoms with E-state index in [1.165, 1.54) is 18.3 Å². The molecule has 0 bridgehead atoms. The van der Waals surface area contributed by atoms with Crippen LogP contribution in [-0.2, 0) is 6.18 Å². The molecule has 0 fully saturated rings. The number of ether oxygens (including phenoxy) is 1. The van der Waals surface area contributed by atoms with Crippen LogP contribution in [0.1, 0.15) is 48.2 Å². The van der Waals surface area contributed by atoms with Crippen LogP contribution in [0.4, 0.5) is 18.9 Å². The van der Waals surface area contributed by atoms with Gasteiger partial charge in [-0.2, -0.15) is 13.2 Å². The Hall–Kier alpha value is -3.95. The molecule has 0 heterocycles. The van der Waals surface area contributed by atoms with Crippen LogP contribution in [0.25, 0.3) is 0 Å². The molecular formula is C27H32F3N5O2. The summed E-state index contributed by atoms with van der Waals surface area (Å²) in [5.41, 5.74) is 0.285. The number of amides is 1. The third kappa shape index (κ3) is 8.59. The number of aryl methyl sites for hydroxylation is 1. The Morgan fingerprint density at radius 1 is 1.24 bits per heavy atom. The number of benzene rings is 2. The molecule has 0 saturated carbocycles. The third-order valence-electron chi connectivity index (χ3n) is 5.37. The minimum absolute atomic E-state index is 0.130. The first-order chi connectivity index (χ1) is 17.5. The zero-order valence-electron chi connectivity index (χ0n) is 21.4. The third-order valence-corrected chi connectivity index (χ3v) is 5.37. The Labute approximate surface area is 215 Å².